The first-order chi connectivity index (χ1) is 20.1. The minimum atomic E-state index is -0.481. The number of carbonyl (C=O) groups excluding carboxylic acids is 1. The van der Waals surface area contributed by atoms with E-state index < -0.39 is 5.60 Å². The van der Waals surface area contributed by atoms with Crippen molar-refractivity contribution in [3.05, 3.63) is 56.2 Å². The second-order valence-corrected chi connectivity index (χ2v) is 13.8. The molecule has 4 heterocycles. The molecule has 2 fully saturated rings. The van der Waals surface area contributed by atoms with Crippen LogP contribution in [0.3, 0.4) is 0 Å². The predicted molar refractivity (Wildman–Crippen MR) is 168 cm³/mol. The van der Waals surface area contributed by atoms with Crippen molar-refractivity contribution in [3.8, 4) is 5.75 Å². The van der Waals surface area contributed by atoms with E-state index in [-0.39, 0.29) is 23.8 Å². The zero-order valence-corrected chi connectivity index (χ0v) is 27.1. The monoisotopic (exact) mass is 661 g/mol. The second kappa shape index (κ2) is 13.3. The van der Waals surface area contributed by atoms with E-state index in [1.807, 2.05) is 38.3 Å². The highest BCUT2D eigenvalue weighted by Crippen LogP contribution is 2.30. The van der Waals surface area contributed by atoms with Crippen LogP contribution in [0.5, 0.6) is 5.75 Å². The Kier molecular flexibility index (Phi) is 9.76. The quantitative estimate of drug-likeness (QED) is 0.329. The van der Waals surface area contributed by atoms with Gasteiger partial charge in [0.15, 0.2) is 4.96 Å². The van der Waals surface area contributed by atoms with Crippen LogP contribution in [0.15, 0.2) is 45.1 Å². The molecule has 10 nitrogen and oxygen atoms in total. The lowest BCUT2D eigenvalue weighted by molar-refractivity contribution is -0.0177. The van der Waals surface area contributed by atoms with Crippen LogP contribution in [0.4, 0.5) is 10.6 Å². The number of aromatic nitrogens is 2. The number of fused-ring (bicyclic) bond motifs is 1. The van der Waals surface area contributed by atoms with Crippen molar-refractivity contribution in [2.75, 3.05) is 51.8 Å². The molecule has 0 radical (unpaired) electrons. The maximum atomic E-state index is 12.7. The molecule has 2 saturated heterocycles. The lowest BCUT2D eigenvalue weighted by Gasteiger charge is -2.36. The van der Waals surface area contributed by atoms with E-state index >= 15 is 0 Å². The van der Waals surface area contributed by atoms with Gasteiger partial charge in [-0.2, -0.15) is 0 Å². The number of hydrogen-bond donors (Lipinski definition) is 1. The number of halogens is 1. The fraction of sp³-hybridized carbons (Fsp3) is 0.567. The van der Waals surface area contributed by atoms with Gasteiger partial charge in [0.25, 0.3) is 5.56 Å². The first kappa shape index (κ1) is 30.8. The molecule has 0 unspecified atom stereocenters. The van der Waals surface area contributed by atoms with Gasteiger partial charge in [-0.1, -0.05) is 12.1 Å². The summed E-state index contributed by atoms with van der Waals surface area (Å²) in [6.45, 7) is 9.74. The Balaban J connectivity index is 1.07. The van der Waals surface area contributed by atoms with Crippen molar-refractivity contribution in [2.45, 2.75) is 63.7 Å². The Morgan fingerprint density at radius 3 is 2.60 bits per heavy atom. The molecule has 0 aliphatic carbocycles. The van der Waals surface area contributed by atoms with Crippen LogP contribution in [0.1, 0.15) is 51.5 Å². The van der Waals surface area contributed by atoms with Crippen LogP contribution in [-0.4, -0.2) is 89.5 Å². The number of anilines is 1. The lowest BCUT2D eigenvalue weighted by atomic mass is 9.88. The molecule has 2 aromatic heterocycles. The first-order valence-corrected chi connectivity index (χ1v) is 16.2. The molecule has 2 aliphatic rings. The molecule has 12 heteroatoms. The van der Waals surface area contributed by atoms with Crippen molar-refractivity contribution < 1.29 is 19.0 Å². The molecule has 0 bridgehead atoms. The number of nitrogens with zero attached hydrogens (tertiary/aromatic N) is 4. The van der Waals surface area contributed by atoms with Gasteiger partial charge in [0.2, 0.25) is 0 Å². The third-order valence-electron chi connectivity index (χ3n) is 7.54. The summed E-state index contributed by atoms with van der Waals surface area (Å²) in [6, 6.07) is 8.48. The molecule has 42 heavy (non-hydrogen) atoms. The van der Waals surface area contributed by atoms with Crippen molar-refractivity contribution in [1.29, 1.82) is 0 Å². The van der Waals surface area contributed by atoms with Gasteiger partial charge in [0.1, 0.15) is 28.2 Å². The average Bonchev–Trinajstić information content (AvgIpc) is 3.42. The summed E-state index contributed by atoms with van der Waals surface area (Å²) in [7, 11) is 2.12. The molecule has 1 N–H and O–H groups in total. The third kappa shape index (κ3) is 7.83. The van der Waals surface area contributed by atoms with E-state index in [2.05, 4.69) is 50.3 Å². The number of hydrogen-bond acceptors (Lipinski definition) is 9. The Bertz CT molecular complexity index is 1410. The van der Waals surface area contributed by atoms with E-state index in [4.69, 9.17) is 14.2 Å². The first-order valence-electron chi connectivity index (χ1n) is 14.5. The topological polar surface area (TPSA) is 97.6 Å². The van der Waals surface area contributed by atoms with Gasteiger partial charge in [0, 0.05) is 43.8 Å². The highest BCUT2D eigenvalue weighted by molar-refractivity contribution is 9.10. The fourth-order valence-electron chi connectivity index (χ4n) is 5.56. The minimum Gasteiger partial charge on any atom is -0.491 e. The molecule has 3 aromatic rings. The number of ether oxygens (including phenoxy) is 3. The summed E-state index contributed by atoms with van der Waals surface area (Å²) in [5, 5.41) is 5.39. The zero-order chi connectivity index (χ0) is 29.9. The molecule has 5 rings (SSSR count). The lowest BCUT2D eigenvalue weighted by Crippen LogP contribution is -2.43. The maximum Gasteiger partial charge on any atom is 0.410 e. The average molecular weight is 663 g/mol. The zero-order valence-electron chi connectivity index (χ0n) is 24.7. The molecule has 2 aliphatic heterocycles. The molecule has 1 amide bonds. The van der Waals surface area contributed by atoms with E-state index in [0.717, 1.165) is 38.1 Å². The summed E-state index contributed by atoms with van der Waals surface area (Å²) in [6.07, 6.45) is 4.15. The normalized spacial score (nSPS) is 20.5. The number of amides is 1. The molecular weight excluding hydrogens is 622 g/mol. The second-order valence-electron chi connectivity index (χ2n) is 12.1. The highest BCUT2D eigenvalue weighted by Gasteiger charge is 2.29. The SMILES string of the molecule is CN1C[C@H](Nc2nc3sccn3c(=O)c2Br)C[C@H](c2ccc(OCCOC3CCN(C(=O)OC(C)(C)C)CC3)cc2)C1. The third-order valence-corrected chi connectivity index (χ3v) is 9.01. The van der Waals surface area contributed by atoms with E-state index in [1.165, 1.54) is 16.9 Å². The van der Waals surface area contributed by atoms with Crippen molar-refractivity contribution in [3.63, 3.8) is 0 Å². The smallest absolute Gasteiger partial charge is 0.410 e. The number of piperidine rings is 2. The van der Waals surface area contributed by atoms with Gasteiger partial charge in [-0.15, -0.1) is 11.3 Å². The molecule has 0 saturated carbocycles. The highest BCUT2D eigenvalue weighted by atomic mass is 79.9. The Morgan fingerprint density at radius 1 is 1.14 bits per heavy atom. The van der Waals surface area contributed by atoms with Crippen LogP contribution >= 0.6 is 27.3 Å². The Hall–Kier alpha value is -2.67. The van der Waals surface area contributed by atoms with E-state index in [9.17, 15) is 9.59 Å². The minimum absolute atomic E-state index is 0.103. The molecule has 228 valence electrons. The molecule has 0 spiro atoms. The van der Waals surface area contributed by atoms with Crippen LogP contribution < -0.4 is 15.6 Å². The number of rotatable bonds is 8. The van der Waals surface area contributed by atoms with E-state index in [1.54, 1.807) is 15.5 Å². The van der Waals surface area contributed by atoms with Crippen LogP contribution in [0, 0.1) is 0 Å². The number of thiazole rings is 1. The number of nitrogens with one attached hydrogen (secondary N) is 1. The Labute approximate surface area is 259 Å². The van der Waals surface area contributed by atoms with Crippen molar-refractivity contribution in [2.24, 2.45) is 0 Å². The summed E-state index contributed by atoms with van der Waals surface area (Å²) >= 11 is 4.90. The summed E-state index contributed by atoms with van der Waals surface area (Å²) in [4.78, 5) is 34.3. The summed E-state index contributed by atoms with van der Waals surface area (Å²) in [5.41, 5.74) is 0.675. The van der Waals surface area contributed by atoms with E-state index in [0.29, 0.717) is 47.5 Å². The van der Waals surface area contributed by atoms with Gasteiger partial charge in [0.05, 0.1) is 12.7 Å². The van der Waals surface area contributed by atoms with Gasteiger partial charge in [-0.05, 0) is 86.6 Å². The molecular formula is C30H40BrN5O5S. The number of likely N-dealkylation sites (N-methyl/N-ethyl adjacent to an activating group) is 1. The van der Waals surface area contributed by atoms with Gasteiger partial charge in [-0.3, -0.25) is 9.20 Å². The Morgan fingerprint density at radius 2 is 1.88 bits per heavy atom. The maximum absolute atomic E-state index is 12.7. The number of benzene rings is 1. The molecule has 2 atom stereocenters. The van der Waals surface area contributed by atoms with Crippen LogP contribution in [-0.2, 0) is 9.47 Å². The standard InChI is InChI=1S/C30H40BrN5O5S/c1-30(2,3)41-29(38)35-11-9-24(10-12-35)40-15-14-39-23-7-5-20(6-8-23)21-17-22(19-34(4)18-21)32-26-25(31)27(37)36-13-16-42-28(36)33-26/h5-8,13,16,21-22,24,32H,9-12,14-15,17-19H2,1-4H3/t21-,22+/m0/s1. The summed E-state index contributed by atoms with van der Waals surface area (Å²) < 4.78 is 19.4. The van der Waals surface area contributed by atoms with Gasteiger partial charge in [-0.25, -0.2) is 9.78 Å². The predicted octanol–water partition coefficient (Wildman–Crippen LogP) is 5.21. The van der Waals surface area contributed by atoms with Crippen LogP contribution in [0.25, 0.3) is 4.96 Å². The summed E-state index contributed by atoms with van der Waals surface area (Å²) in [5.74, 6) is 1.76. The van der Waals surface area contributed by atoms with Crippen molar-refractivity contribution >= 4 is 44.1 Å². The van der Waals surface area contributed by atoms with Crippen molar-refractivity contribution in [1.82, 2.24) is 19.2 Å². The van der Waals surface area contributed by atoms with Crippen LogP contribution in [0.2, 0.25) is 0 Å². The van der Waals surface area contributed by atoms with Gasteiger partial charge < -0.3 is 29.3 Å². The number of carbonyl (C=O) groups is 1. The number of likely N-dealkylation sites (tertiary alicyclic amines) is 2. The van der Waals surface area contributed by atoms with Gasteiger partial charge >= 0.3 is 6.09 Å². The molecule has 1 aromatic carbocycles. The largest absolute Gasteiger partial charge is 0.491 e. The fourth-order valence-corrected chi connectivity index (χ4v) is 6.66.